The molecular weight excluding hydrogens is 215 g/mol. The maximum Gasteiger partial charge on any atom is 0.167 e. The van der Waals surface area contributed by atoms with E-state index in [4.69, 9.17) is 0 Å². The fraction of sp³-hybridized carbons (Fsp3) is 0.133. The highest BCUT2D eigenvalue weighted by Gasteiger charge is 2.11. The van der Waals surface area contributed by atoms with Gasteiger partial charge in [-0.25, -0.2) is 4.39 Å². The summed E-state index contributed by atoms with van der Waals surface area (Å²) in [5.41, 5.74) is 1.37. The summed E-state index contributed by atoms with van der Waals surface area (Å²) in [5.74, 6) is -0.318. The van der Waals surface area contributed by atoms with Crippen LogP contribution in [0.5, 0.6) is 0 Å². The Morgan fingerprint density at radius 3 is 2.47 bits per heavy atom. The van der Waals surface area contributed by atoms with E-state index in [0.717, 1.165) is 5.57 Å². The summed E-state index contributed by atoms with van der Waals surface area (Å²) in [4.78, 5) is 12.0. The molecule has 0 unspecified atom stereocenters. The minimum atomic E-state index is -0.299. The second-order valence-corrected chi connectivity index (χ2v) is 4.20. The zero-order valence-corrected chi connectivity index (χ0v) is 9.66. The Labute approximate surface area is 99.6 Å². The Hall–Kier alpha value is -1.96. The number of hydrogen-bond acceptors (Lipinski definition) is 1. The van der Waals surface area contributed by atoms with Gasteiger partial charge in [0.2, 0.25) is 0 Å². The van der Waals surface area contributed by atoms with Crippen LogP contribution in [0.25, 0.3) is 10.8 Å². The van der Waals surface area contributed by atoms with Gasteiger partial charge in [0.1, 0.15) is 5.82 Å². The molecule has 2 rings (SSSR count). The second-order valence-electron chi connectivity index (χ2n) is 4.20. The largest absolute Gasteiger partial charge is 0.294 e. The maximum atomic E-state index is 13.6. The first-order valence-electron chi connectivity index (χ1n) is 5.44. The average molecular weight is 228 g/mol. The van der Waals surface area contributed by atoms with Gasteiger partial charge in [0.05, 0.1) is 0 Å². The summed E-state index contributed by atoms with van der Waals surface area (Å²) in [6.07, 6.45) is 0.301. The minimum Gasteiger partial charge on any atom is -0.294 e. The van der Waals surface area contributed by atoms with Crippen LogP contribution >= 0.6 is 0 Å². The molecule has 0 spiro atoms. The van der Waals surface area contributed by atoms with Crippen LogP contribution in [0.2, 0.25) is 0 Å². The summed E-state index contributed by atoms with van der Waals surface area (Å²) >= 11 is 0. The van der Waals surface area contributed by atoms with Crippen molar-refractivity contribution in [3.8, 4) is 0 Å². The fourth-order valence-corrected chi connectivity index (χ4v) is 1.87. The summed E-state index contributed by atoms with van der Waals surface area (Å²) in [6, 6.07) is 9.90. The van der Waals surface area contributed by atoms with Crippen molar-refractivity contribution >= 4 is 16.6 Å². The van der Waals surface area contributed by atoms with Crippen molar-refractivity contribution in [3.05, 3.63) is 59.9 Å². The van der Waals surface area contributed by atoms with Gasteiger partial charge >= 0.3 is 0 Å². The highest BCUT2D eigenvalue weighted by molar-refractivity contribution is 6.08. The zero-order valence-electron chi connectivity index (χ0n) is 9.66. The van der Waals surface area contributed by atoms with E-state index in [0.29, 0.717) is 22.8 Å². The number of rotatable bonds is 3. The molecule has 0 saturated heterocycles. The molecule has 0 radical (unpaired) electrons. The van der Waals surface area contributed by atoms with Gasteiger partial charge < -0.3 is 0 Å². The Bertz CT molecular complexity index is 599. The van der Waals surface area contributed by atoms with E-state index in [1.165, 1.54) is 6.07 Å². The molecule has 0 aliphatic rings. The molecule has 0 bridgehead atoms. The van der Waals surface area contributed by atoms with Crippen molar-refractivity contribution in [2.75, 3.05) is 0 Å². The summed E-state index contributed by atoms with van der Waals surface area (Å²) in [7, 11) is 0. The van der Waals surface area contributed by atoms with E-state index in [9.17, 15) is 9.18 Å². The van der Waals surface area contributed by atoms with E-state index >= 15 is 0 Å². The highest BCUT2D eigenvalue weighted by atomic mass is 19.1. The minimum absolute atomic E-state index is 0.0197. The highest BCUT2D eigenvalue weighted by Crippen LogP contribution is 2.23. The Kier molecular flexibility index (Phi) is 3.05. The lowest BCUT2D eigenvalue weighted by molar-refractivity contribution is 0.0994. The number of halogens is 1. The van der Waals surface area contributed by atoms with Crippen molar-refractivity contribution in [3.63, 3.8) is 0 Å². The van der Waals surface area contributed by atoms with Crippen molar-refractivity contribution < 1.29 is 9.18 Å². The van der Waals surface area contributed by atoms with E-state index in [1.807, 2.05) is 6.92 Å². The maximum absolute atomic E-state index is 13.6. The molecule has 2 heteroatoms. The molecule has 0 aliphatic heterocycles. The molecule has 17 heavy (non-hydrogen) atoms. The molecular formula is C15H13FO. The number of Topliss-reactive ketones (excluding diaryl/α,β-unsaturated/α-hetero) is 1. The molecule has 0 aromatic heterocycles. The summed E-state index contributed by atoms with van der Waals surface area (Å²) < 4.78 is 13.6. The smallest absolute Gasteiger partial charge is 0.167 e. The fourth-order valence-electron chi connectivity index (χ4n) is 1.87. The summed E-state index contributed by atoms with van der Waals surface area (Å²) in [5, 5.41) is 1.15. The lowest BCUT2D eigenvalue weighted by atomic mass is 9.98. The lowest BCUT2D eigenvalue weighted by Crippen LogP contribution is -2.01. The zero-order chi connectivity index (χ0) is 12.4. The molecule has 0 aliphatic carbocycles. The first kappa shape index (κ1) is 11.5. The SMILES string of the molecule is C=C(C)CC(=O)c1ccc(F)c2ccccc12. The second kappa shape index (κ2) is 4.50. The van der Waals surface area contributed by atoms with Crippen LogP contribution < -0.4 is 0 Å². The van der Waals surface area contributed by atoms with Crippen molar-refractivity contribution in [1.29, 1.82) is 0 Å². The van der Waals surface area contributed by atoms with Crippen LogP contribution in [0.4, 0.5) is 4.39 Å². The Morgan fingerprint density at radius 1 is 1.18 bits per heavy atom. The van der Waals surface area contributed by atoms with Gasteiger partial charge in [0, 0.05) is 17.4 Å². The van der Waals surface area contributed by atoms with E-state index in [2.05, 4.69) is 6.58 Å². The van der Waals surface area contributed by atoms with Crippen molar-refractivity contribution in [2.45, 2.75) is 13.3 Å². The third-order valence-corrected chi connectivity index (χ3v) is 2.63. The number of allylic oxidation sites excluding steroid dienone is 1. The summed E-state index contributed by atoms with van der Waals surface area (Å²) in [6.45, 7) is 5.53. The van der Waals surface area contributed by atoms with E-state index in [1.54, 1.807) is 30.3 Å². The predicted molar refractivity (Wildman–Crippen MR) is 67.7 cm³/mol. The standard InChI is InChI=1S/C15H13FO/c1-10(2)9-15(17)13-7-8-14(16)12-6-4-3-5-11(12)13/h3-8H,1,9H2,2H3. The monoisotopic (exact) mass is 228 g/mol. The molecule has 86 valence electrons. The van der Waals surface area contributed by atoms with Crippen LogP contribution in [0, 0.1) is 5.82 Å². The molecule has 0 N–H and O–H groups in total. The average Bonchev–Trinajstić information content (AvgIpc) is 2.29. The van der Waals surface area contributed by atoms with Crippen LogP contribution in [-0.4, -0.2) is 5.78 Å². The molecule has 0 fully saturated rings. The number of carbonyl (C=O) groups excluding carboxylic acids is 1. The molecule has 2 aromatic carbocycles. The number of ketones is 1. The van der Waals surface area contributed by atoms with Crippen LogP contribution in [0.3, 0.4) is 0 Å². The van der Waals surface area contributed by atoms with Gasteiger partial charge in [-0.05, 0) is 24.4 Å². The van der Waals surface area contributed by atoms with Gasteiger partial charge in [-0.15, -0.1) is 0 Å². The van der Waals surface area contributed by atoms with E-state index in [-0.39, 0.29) is 11.6 Å². The molecule has 1 nitrogen and oxygen atoms in total. The van der Waals surface area contributed by atoms with Crippen LogP contribution in [0.1, 0.15) is 23.7 Å². The topological polar surface area (TPSA) is 17.1 Å². The van der Waals surface area contributed by atoms with Gasteiger partial charge in [0.15, 0.2) is 5.78 Å². The predicted octanol–water partition coefficient (Wildman–Crippen LogP) is 4.13. The van der Waals surface area contributed by atoms with Gasteiger partial charge in [-0.3, -0.25) is 4.79 Å². The van der Waals surface area contributed by atoms with Crippen LogP contribution in [0.15, 0.2) is 48.6 Å². The molecule has 0 atom stereocenters. The molecule has 0 saturated carbocycles. The number of carbonyl (C=O) groups is 1. The Balaban J connectivity index is 2.59. The lowest BCUT2D eigenvalue weighted by Gasteiger charge is -2.06. The molecule has 2 aromatic rings. The first-order chi connectivity index (χ1) is 8.09. The van der Waals surface area contributed by atoms with Gasteiger partial charge in [-0.2, -0.15) is 0 Å². The molecule has 0 amide bonds. The molecule has 0 heterocycles. The quantitative estimate of drug-likeness (QED) is 0.570. The number of benzene rings is 2. The van der Waals surface area contributed by atoms with Crippen molar-refractivity contribution in [1.82, 2.24) is 0 Å². The number of fused-ring (bicyclic) bond motifs is 1. The van der Waals surface area contributed by atoms with Crippen LogP contribution in [-0.2, 0) is 0 Å². The normalized spacial score (nSPS) is 10.5. The third-order valence-electron chi connectivity index (χ3n) is 2.63. The first-order valence-corrected chi connectivity index (χ1v) is 5.44. The Morgan fingerprint density at radius 2 is 1.82 bits per heavy atom. The van der Waals surface area contributed by atoms with Crippen molar-refractivity contribution in [2.24, 2.45) is 0 Å². The van der Waals surface area contributed by atoms with Gasteiger partial charge in [-0.1, -0.05) is 36.4 Å². The van der Waals surface area contributed by atoms with E-state index < -0.39 is 0 Å². The van der Waals surface area contributed by atoms with Gasteiger partial charge in [0.25, 0.3) is 0 Å². The third kappa shape index (κ3) is 2.26. The number of hydrogen-bond donors (Lipinski definition) is 0.